The molecule has 1 fully saturated rings. The highest BCUT2D eigenvalue weighted by Gasteiger charge is 2.28. The molecule has 2 atom stereocenters. The van der Waals surface area contributed by atoms with Crippen molar-refractivity contribution in [1.29, 1.82) is 0 Å². The minimum atomic E-state index is 0.181. The molecule has 1 saturated heterocycles. The van der Waals surface area contributed by atoms with Gasteiger partial charge in [0.15, 0.2) is 5.82 Å². The quantitative estimate of drug-likeness (QED) is 0.873. The number of H-pyrrole nitrogens is 1. The number of hydrogen-bond acceptors (Lipinski definition) is 4. The predicted octanol–water partition coefficient (Wildman–Crippen LogP) is 3.35. The number of amides is 1. The van der Waals surface area contributed by atoms with E-state index < -0.39 is 0 Å². The average molecular weight is 330 g/mol. The van der Waals surface area contributed by atoms with Crippen molar-refractivity contribution in [3.63, 3.8) is 0 Å². The van der Waals surface area contributed by atoms with Gasteiger partial charge in [0.1, 0.15) is 0 Å². The van der Waals surface area contributed by atoms with Crippen LogP contribution in [0.5, 0.6) is 0 Å². The standard InChI is InChI=1S/C17H22N4OS/c1-12-7-6-8-13(2)21(12)15(22)11-23-17-18-16(19-20-17)14-9-4-3-5-10-14/h3-5,9-10,12-13H,6-8,11H2,1-2H3,(H,18,19,20)/t12-,13-/m1/s1. The van der Waals surface area contributed by atoms with Crippen LogP contribution in [-0.2, 0) is 4.79 Å². The maximum Gasteiger partial charge on any atom is 0.233 e. The van der Waals surface area contributed by atoms with Gasteiger partial charge in [0.05, 0.1) is 5.75 Å². The van der Waals surface area contributed by atoms with E-state index in [0.29, 0.717) is 23.0 Å². The van der Waals surface area contributed by atoms with Gasteiger partial charge in [0.25, 0.3) is 0 Å². The van der Waals surface area contributed by atoms with Crippen molar-refractivity contribution in [3.8, 4) is 11.4 Å². The van der Waals surface area contributed by atoms with Crippen LogP contribution in [-0.4, -0.2) is 43.8 Å². The number of nitrogens with one attached hydrogen (secondary N) is 1. The Balaban J connectivity index is 1.60. The van der Waals surface area contributed by atoms with E-state index in [2.05, 4.69) is 29.0 Å². The third-order valence-electron chi connectivity index (χ3n) is 4.32. The van der Waals surface area contributed by atoms with Gasteiger partial charge in [0, 0.05) is 17.6 Å². The van der Waals surface area contributed by atoms with Crippen LogP contribution in [0.2, 0.25) is 0 Å². The van der Waals surface area contributed by atoms with Crippen LogP contribution in [0.4, 0.5) is 0 Å². The summed E-state index contributed by atoms with van der Waals surface area (Å²) in [5.74, 6) is 1.31. The van der Waals surface area contributed by atoms with Crippen molar-refractivity contribution >= 4 is 17.7 Å². The molecule has 1 aliphatic heterocycles. The zero-order valence-electron chi connectivity index (χ0n) is 13.5. The molecule has 0 radical (unpaired) electrons. The lowest BCUT2D eigenvalue weighted by molar-refractivity contribution is -0.134. The van der Waals surface area contributed by atoms with E-state index >= 15 is 0 Å². The minimum absolute atomic E-state index is 0.181. The first-order chi connectivity index (χ1) is 11.1. The maximum atomic E-state index is 12.5. The van der Waals surface area contributed by atoms with E-state index in [-0.39, 0.29) is 5.91 Å². The molecule has 23 heavy (non-hydrogen) atoms. The Labute approximate surface area is 140 Å². The monoisotopic (exact) mass is 330 g/mol. The first kappa shape index (κ1) is 16.1. The summed E-state index contributed by atoms with van der Waals surface area (Å²) in [6.45, 7) is 4.27. The molecule has 1 amide bonds. The first-order valence-electron chi connectivity index (χ1n) is 8.07. The molecule has 0 spiro atoms. The number of nitrogens with zero attached hydrogens (tertiary/aromatic N) is 3. The molecule has 3 rings (SSSR count). The van der Waals surface area contributed by atoms with Crippen LogP contribution in [0.1, 0.15) is 33.1 Å². The Morgan fingerprint density at radius 1 is 1.26 bits per heavy atom. The van der Waals surface area contributed by atoms with Crippen LogP contribution in [0.3, 0.4) is 0 Å². The number of benzene rings is 1. The van der Waals surface area contributed by atoms with Gasteiger partial charge in [-0.15, -0.1) is 5.10 Å². The second-order valence-corrected chi connectivity index (χ2v) is 6.99. The number of carbonyl (C=O) groups excluding carboxylic acids is 1. The number of aromatic amines is 1. The number of carbonyl (C=O) groups is 1. The van der Waals surface area contributed by atoms with Crippen molar-refractivity contribution in [1.82, 2.24) is 20.1 Å². The van der Waals surface area contributed by atoms with E-state index in [0.717, 1.165) is 24.2 Å². The molecule has 2 heterocycles. The van der Waals surface area contributed by atoms with E-state index in [1.165, 1.54) is 18.2 Å². The number of thioether (sulfide) groups is 1. The van der Waals surface area contributed by atoms with Gasteiger partial charge in [-0.3, -0.25) is 9.89 Å². The third kappa shape index (κ3) is 3.75. The molecule has 1 aromatic carbocycles. The fourth-order valence-electron chi connectivity index (χ4n) is 3.15. The Morgan fingerprint density at radius 3 is 2.65 bits per heavy atom. The van der Waals surface area contributed by atoms with Crippen LogP contribution >= 0.6 is 11.8 Å². The SMILES string of the molecule is C[C@@H]1CCC[C@@H](C)N1C(=O)CSc1n[nH]c(-c2ccccc2)n1. The zero-order chi connectivity index (χ0) is 16.2. The second kappa shape index (κ2) is 7.17. The summed E-state index contributed by atoms with van der Waals surface area (Å²) in [6.07, 6.45) is 3.40. The van der Waals surface area contributed by atoms with Gasteiger partial charge in [-0.05, 0) is 33.1 Å². The Bertz CT molecular complexity index is 648. The van der Waals surface area contributed by atoms with Crippen LogP contribution in [0.15, 0.2) is 35.5 Å². The van der Waals surface area contributed by atoms with Crippen molar-refractivity contribution in [2.75, 3.05) is 5.75 Å². The Morgan fingerprint density at radius 2 is 1.96 bits per heavy atom. The summed E-state index contributed by atoms with van der Waals surface area (Å²) in [5.41, 5.74) is 0.997. The zero-order valence-corrected chi connectivity index (χ0v) is 14.3. The smallest absolute Gasteiger partial charge is 0.233 e. The van der Waals surface area contributed by atoms with Gasteiger partial charge < -0.3 is 4.90 Å². The highest BCUT2D eigenvalue weighted by molar-refractivity contribution is 7.99. The Hall–Kier alpha value is -1.82. The molecule has 0 unspecified atom stereocenters. The van der Waals surface area contributed by atoms with Gasteiger partial charge in [-0.25, -0.2) is 4.98 Å². The van der Waals surface area contributed by atoms with Gasteiger partial charge in [-0.2, -0.15) is 0 Å². The number of likely N-dealkylation sites (tertiary alicyclic amines) is 1. The lowest BCUT2D eigenvalue weighted by atomic mass is 9.98. The molecule has 0 bridgehead atoms. The van der Waals surface area contributed by atoms with Crippen molar-refractivity contribution in [2.24, 2.45) is 0 Å². The number of rotatable bonds is 4. The molecule has 5 nitrogen and oxygen atoms in total. The van der Waals surface area contributed by atoms with E-state index in [9.17, 15) is 4.79 Å². The highest BCUT2D eigenvalue weighted by atomic mass is 32.2. The summed E-state index contributed by atoms with van der Waals surface area (Å²) in [4.78, 5) is 19.0. The van der Waals surface area contributed by atoms with Crippen molar-refractivity contribution in [3.05, 3.63) is 30.3 Å². The lowest BCUT2D eigenvalue weighted by Gasteiger charge is -2.39. The van der Waals surface area contributed by atoms with E-state index in [4.69, 9.17) is 0 Å². The van der Waals surface area contributed by atoms with E-state index in [1.807, 2.05) is 35.2 Å². The summed E-state index contributed by atoms with van der Waals surface area (Å²) in [7, 11) is 0. The third-order valence-corrected chi connectivity index (χ3v) is 5.15. The number of hydrogen-bond donors (Lipinski definition) is 1. The fraction of sp³-hybridized carbons (Fsp3) is 0.471. The van der Waals surface area contributed by atoms with Gasteiger partial charge in [0.2, 0.25) is 11.1 Å². The topological polar surface area (TPSA) is 61.9 Å². The first-order valence-corrected chi connectivity index (χ1v) is 9.05. The number of aromatic nitrogens is 3. The van der Waals surface area contributed by atoms with Crippen molar-refractivity contribution in [2.45, 2.75) is 50.4 Å². The predicted molar refractivity (Wildman–Crippen MR) is 92.2 cm³/mol. The Kier molecular flexibility index (Phi) is 5.00. The highest BCUT2D eigenvalue weighted by Crippen LogP contribution is 2.25. The van der Waals surface area contributed by atoms with Crippen molar-refractivity contribution < 1.29 is 4.79 Å². The van der Waals surface area contributed by atoms with E-state index in [1.54, 1.807) is 0 Å². The molecule has 122 valence electrons. The lowest BCUT2D eigenvalue weighted by Crippen LogP contribution is -2.48. The molecule has 1 aliphatic rings. The normalized spacial score (nSPS) is 21.4. The molecule has 0 saturated carbocycles. The van der Waals surface area contributed by atoms with Gasteiger partial charge in [-0.1, -0.05) is 42.1 Å². The summed E-state index contributed by atoms with van der Waals surface area (Å²) in [6, 6.07) is 10.5. The largest absolute Gasteiger partial charge is 0.337 e. The molecule has 1 aromatic heterocycles. The van der Waals surface area contributed by atoms with Crippen LogP contribution < -0.4 is 0 Å². The average Bonchev–Trinajstić information content (AvgIpc) is 3.02. The summed E-state index contributed by atoms with van der Waals surface area (Å²) < 4.78 is 0. The van der Waals surface area contributed by atoms with Crippen LogP contribution in [0.25, 0.3) is 11.4 Å². The summed E-state index contributed by atoms with van der Waals surface area (Å²) >= 11 is 1.40. The number of piperidine rings is 1. The van der Waals surface area contributed by atoms with Gasteiger partial charge >= 0.3 is 0 Å². The molecule has 6 heteroatoms. The molecule has 2 aromatic rings. The van der Waals surface area contributed by atoms with Crippen LogP contribution in [0, 0.1) is 0 Å². The maximum absolute atomic E-state index is 12.5. The molecular weight excluding hydrogens is 308 g/mol. The summed E-state index contributed by atoms with van der Waals surface area (Å²) in [5, 5.41) is 7.76. The minimum Gasteiger partial charge on any atom is -0.337 e. The second-order valence-electron chi connectivity index (χ2n) is 6.05. The fourth-order valence-corrected chi connectivity index (χ4v) is 3.82. The molecule has 1 N–H and O–H groups in total. The molecular formula is C17H22N4OS. The molecule has 0 aliphatic carbocycles.